The number of benzene rings is 2. The lowest BCUT2D eigenvalue weighted by Crippen LogP contribution is -2.39. The minimum Gasteiger partial charge on any atom is -0.493 e. The average molecular weight is 334 g/mol. The first kappa shape index (κ1) is 14.8. The summed E-state index contributed by atoms with van der Waals surface area (Å²) >= 11 is 0. The van der Waals surface area contributed by atoms with Gasteiger partial charge in [0.25, 0.3) is 0 Å². The van der Waals surface area contributed by atoms with Crippen LogP contribution < -0.4 is 9.47 Å². The molecule has 0 amide bonds. The van der Waals surface area contributed by atoms with Gasteiger partial charge in [-0.3, -0.25) is 4.90 Å². The fraction of sp³-hybridized carbons (Fsp3) is 0.333. The van der Waals surface area contributed by atoms with Crippen LogP contribution in [0.2, 0.25) is 0 Å². The molecule has 1 N–H and O–H groups in total. The van der Waals surface area contributed by atoms with Crippen LogP contribution in [0.3, 0.4) is 0 Å². The summed E-state index contributed by atoms with van der Waals surface area (Å²) in [6.07, 6.45) is 2.10. The van der Waals surface area contributed by atoms with Gasteiger partial charge in [-0.25, -0.2) is 0 Å². The largest absolute Gasteiger partial charge is 0.493 e. The van der Waals surface area contributed by atoms with Crippen molar-refractivity contribution in [1.82, 2.24) is 9.88 Å². The Morgan fingerprint density at radius 2 is 1.88 bits per heavy atom. The van der Waals surface area contributed by atoms with Crippen molar-refractivity contribution in [1.29, 1.82) is 0 Å². The third-order valence-electron chi connectivity index (χ3n) is 5.77. The molecule has 0 unspecified atom stereocenters. The SMILES string of the molecule is COc1cc2c(cc1OC)[C@H]1Cc3c([nH]c4ccccc34)CN1CC2. The summed E-state index contributed by atoms with van der Waals surface area (Å²) in [5.41, 5.74) is 6.88. The van der Waals surface area contributed by atoms with Crippen molar-refractivity contribution in [3.8, 4) is 11.5 Å². The number of nitrogens with zero attached hydrogens (tertiary/aromatic N) is 1. The van der Waals surface area contributed by atoms with Crippen molar-refractivity contribution < 1.29 is 9.47 Å². The fourth-order valence-electron chi connectivity index (χ4n) is 4.53. The van der Waals surface area contributed by atoms with E-state index < -0.39 is 0 Å². The number of aromatic nitrogens is 1. The molecular formula is C21H22N2O2. The second-order valence-electron chi connectivity index (χ2n) is 6.97. The lowest BCUT2D eigenvalue weighted by atomic mass is 9.85. The van der Waals surface area contributed by atoms with Gasteiger partial charge in [0.05, 0.1) is 14.2 Å². The standard InChI is InChI=1S/C21H22N2O2/c1-24-20-9-13-7-8-23-12-18-16(14-5-3-4-6-17(14)22-18)10-19(23)15(13)11-21(20)25-2/h3-6,9,11,19,22H,7-8,10,12H2,1-2H3/t19-/m1/s1. The summed E-state index contributed by atoms with van der Waals surface area (Å²) in [6.45, 7) is 2.07. The monoisotopic (exact) mass is 334 g/mol. The third-order valence-corrected chi connectivity index (χ3v) is 5.77. The topological polar surface area (TPSA) is 37.5 Å². The van der Waals surface area contributed by atoms with E-state index in [2.05, 4.69) is 46.3 Å². The van der Waals surface area contributed by atoms with Gasteiger partial charge in [0.1, 0.15) is 0 Å². The number of fused-ring (bicyclic) bond motifs is 6. The molecule has 2 aliphatic heterocycles. The summed E-state index contributed by atoms with van der Waals surface area (Å²) in [5, 5.41) is 1.37. The molecule has 2 aliphatic rings. The molecule has 1 atom stereocenters. The quantitative estimate of drug-likeness (QED) is 0.774. The average Bonchev–Trinajstić information content (AvgIpc) is 3.02. The Labute approximate surface area is 147 Å². The van der Waals surface area contributed by atoms with Crippen molar-refractivity contribution >= 4 is 10.9 Å². The zero-order valence-electron chi connectivity index (χ0n) is 14.6. The van der Waals surface area contributed by atoms with E-state index in [1.54, 1.807) is 14.2 Å². The molecule has 0 spiro atoms. The Morgan fingerprint density at radius 3 is 2.72 bits per heavy atom. The number of nitrogens with one attached hydrogen (secondary N) is 1. The summed E-state index contributed by atoms with van der Waals surface area (Å²) in [7, 11) is 3.42. The van der Waals surface area contributed by atoms with Crippen LogP contribution in [0.1, 0.15) is 28.4 Å². The van der Waals surface area contributed by atoms with Crippen LogP contribution in [0.15, 0.2) is 36.4 Å². The lowest BCUT2D eigenvalue weighted by Gasteiger charge is -2.40. The van der Waals surface area contributed by atoms with Crippen molar-refractivity contribution in [2.75, 3.05) is 20.8 Å². The highest BCUT2D eigenvalue weighted by atomic mass is 16.5. The zero-order chi connectivity index (χ0) is 17.0. The van der Waals surface area contributed by atoms with Gasteiger partial charge in [-0.05, 0) is 47.7 Å². The Morgan fingerprint density at radius 1 is 1.08 bits per heavy atom. The first-order chi connectivity index (χ1) is 12.3. The van der Waals surface area contributed by atoms with E-state index in [0.717, 1.165) is 37.4 Å². The third kappa shape index (κ3) is 2.17. The molecular weight excluding hydrogens is 312 g/mol. The molecule has 3 heterocycles. The van der Waals surface area contributed by atoms with E-state index in [1.807, 2.05) is 0 Å². The van der Waals surface area contributed by atoms with Gasteiger partial charge in [-0.15, -0.1) is 0 Å². The molecule has 0 aliphatic carbocycles. The highest BCUT2D eigenvalue weighted by molar-refractivity contribution is 5.85. The summed E-state index contributed by atoms with van der Waals surface area (Å²) in [6, 6.07) is 13.4. The minimum atomic E-state index is 0.412. The highest BCUT2D eigenvalue weighted by Crippen LogP contribution is 2.43. The summed E-state index contributed by atoms with van der Waals surface area (Å²) in [4.78, 5) is 6.22. The van der Waals surface area contributed by atoms with Gasteiger partial charge in [0, 0.05) is 35.7 Å². The number of ether oxygens (including phenoxy) is 2. The molecule has 128 valence electrons. The van der Waals surface area contributed by atoms with Crippen molar-refractivity contribution in [2.24, 2.45) is 0 Å². The van der Waals surface area contributed by atoms with Gasteiger partial charge in [0.15, 0.2) is 11.5 Å². The number of methoxy groups -OCH3 is 2. The van der Waals surface area contributed by atoms with Crippen molar-refractivity contribution in [2.45, 2.75) is 25.4 Å². The molecule has 0 bridgehead atoms. The minimum absolute atomic E-state index is 0.412. The number of H-pyrrole nitrogens is 1. The molecule has 0 saturated heterocycles. The van der Waals surface area contributed by atoms with Crippen LogP contribution in [0, 0.1) is 0 Å². The fourth-order valence-corrected chi connectivity index (χ4v) is 4.53. The molecule has 5 rings (SSSR count). The lowest BCUT2D eigenvalue weighted by molar-refractivity contribution is 0.159. The molecule has 1 aromatic heterocycles. The number of para-hydroxylation sites is 1. The maximum atomic E-state index is 5.56. The Kier molecular flexibility index (Phi) is 3.28. The smallest absolute Gasteiger partial charge is 0.161 e. The zero-order valence-corrected chi connectivity index (χ0v) is 14.6. The van der Waals surface area contributed by atoms with Crippen LogP contribution in [0.25, 0.3) is 10.9 Å². The van der Waals surface area contributed by atoms with Gasteiger partial charge in [-0.1, -0.05) is 18.2 Å². The van der Waals surface area contributed by atoms with Crippen LogP contribution in [0.4, 0.5) is 0 Å². The van der Waals surface area contributed by atoms with E-state index in [4.69, 9.17) is 9.47 Å². The molecule has 4 heteroatoms. The molecule has 4 nitrogen and oxygen atoms in total. The molecule has 2 aromatic carbocycles. The van der Waals surface area contributed by atoms with Crippen LogP contribution in [-0.2, 0) is 19.4 Å². The predicted octanol–water partition coefficient (Wildman–Crippen LogP) is 3.84. The normalized spacial score (nSPS) is 19.2. The van der Waals surface area contributed by atoms with Gasteiger partial charge in [-0.2, -0.15) is 0 Å². The van der Waals surface area contributed by atoms with E-state index in [9.17, 15) is 0 Å². The van der Waals surface area contributed by atoms with E-state index >= 15 is 0 Å². The number of hydrogen-bond acceptors (Lipinski definition) is 3. The maximum Gasteiger partial charge on any atom is 0.161 e. The molecule has 25 heavy (non-hydrogen) atoms. The number of rotatable bonds is 2. The first-order valence-corrected chi connectivity index (χ1v) is 8.86. The molecule has 3 aromatic rings. The van der Waals surface area contributed by atoms with E-state index in [0.29, 0.717) is 6.04 Å². The Bertz CT molecular complexity index is 960. The van der Waals surface area contributed by atoms with Gasteiger partial charge >= 0.3 is 0 Å². The van der Waals surface area contributed by atoms with Crippen molar-refractivity contribution in [3.63, 3.8) is 0 Å². The van der Waals surface area contributed by atoms with Gasteiger partial charge in [0.2, 0.25) is 0 Å². The maximum absolute atomic E-state index is 5.56. The van der Waals surface area contributed by atoms with Crippen molar-refractivity contribution in [3.05, 3.63) is 58.8 Å². The van der Waals surface area contributed by atoms with Gasteiger partial charge < -0.3 is 14.5 Å². The Hall–Kier alpha value is -2.46. The predicted molar refractivity (Wildman–Crippen MR) is 98.4 cm³/mol. The second-order valence-corrected chi connectivity index (χ2v) is 6.97. The molecule has 0 fully saturated rings. The van der Waals surface area contributed by atoms with E-state index in [-0.39, 0.29) is 0 Å². The second kappa shape index (κ2) is 5.53. The van der Waals surface area contributed by atoms with Crippen LogP contribution in [-0.4, -0.2) is 30.6 Å². The van der Waals surface area contributed by atoms with Crippen LogP contribution in [0.5, 0.6) is 11.5 Å². The highest BCUT2D eigenvalue weighted by Gasteiger charge is 2.34. The van der Waals surface area contributed by atoms with E-state index in [1.165, 1.54) is 33.3 Å². The first-order valence-electron chi connectivity index (χ1n) is 8.86. The molecule has 0 saturated carbocycles. The van der Waals surface area contributed by atoms with Crippen LogP contribution >= 0.6 is 0 Å². The summed E-state index contributed by atoms with van der Waals surface area (Å²) < 4.78 is 11.1. The summed E-state index contributed by atoms with van der Waals surface area (Å²) in [5.74, 6) is 1.66. The number of hydrogen-bond donors (Lipinski definition) is 1. The Balaban J connectivity index is 1.62. The molecule has 0 radical (unpaired) electrons. The number of aromatic amines is 1.